The van der Waals surface area contributed by atoms with Crippen molar-refractivity contribution in [3.05, 3.63) is 47.0 Å². The zero-order valence-corrected chi connectivity index (χ0v) is 11.8. The number of benzene rings is 1. The molecule has 0 unspecified atom stereocenters. The summed E-state index contributed by atoms with van der Waals surface area (Å²) in [5.74, 6) is 1.81. The van der Waals surface area contributed by atoms with Crippen LogP contribution in [0.5, 0.6) is 5.75 Å². The van der Waals surface area contributed by atoms with Crippen molar-refractivity contribution in [2.45, 2.75) is 26.9 Å². The summed E-state index contributed by atoms with van der Waals surface area (Å²) in [5.41, 5.74) is 8.97. The molecule has 4 nitrogen and oxygen atoms in total. The standard InChI is InChI=1S/C15H21N3O/c1-11-6-12(2)8-14(7-11)19-10-15-17-13(4-5-16)9-18(15)3/h6-9H,4-5,10,16H2,1-3H3. The maximum atomic E-state index is 5.81. The summed E-state index contributed by atoms with van der Waals surface area (Å²) in [6, 6.07) is 6.21. The van der Waals surface area contributed by atoms with E-state index in [0.29, 0.717) is 13.2 Å². The third kappa shape index (κ3) is 3.58. The van der Waals surface area contributed by atoms with Gasteiger partial charge in [-0.1, -0.05) is 6.07 Å². The molecule has 2 aromatic rings. The number of hydrogen-bond donors (Lipinski definition) is 1. The molecular formula is C15H21N3O. The first-order chi connectivity index (χ1) is 9.08. The highest BCUT2D eigenvalue weighted by atomic mass is 16.5. The van der Waals surface area contributed by atoms with Crippen molar-refractivity contribution in [1.82, 2.24) is 9.55 Å². The van der Waals surface area contributed by atoms with Gasteiger partial charge < -0.3 is 15.0 Å². The summed E-state index contributed by atoms with van der Waals surface area (Å²) in [7, 11) is 1.98. The first-order valence-corrected chi connectivity index (χ1v) is 6.51. The van der Waals surface area contributed by atoms with Crippen LogP contribution in [0.25, 0.3) is 0 Å². The van der Waals surface area contributed by atoms with Crippen LogP contribution in [0.15, 0.2) is 24.4 Å². The maximum Gasteiger partial charge on any atom is 0.146 e. The summed E-state index contributed by atoms with van der Waals surface area (Å²) in [5, 5.41) is 0. The average Bonchev–Trinajstić information content (AvgIpc) is 2.66. The molecular weight excluding hydrogens is 238 g/mol. The van der Waals surface area contributed by atoms with E-state index >= 15 is 0 Å². The van der Waals surface area contributed by atoms with Gasteiger partial charge in [0.15, 0.2) is 0 Å². The van der Waals surface area contributed by atoms with Gasteiger partial charge in [-0.25, -0.2) is 4.98 Å². The van der Waals surface area contributed by atoms with E-state index < -0.39 is 0 Å². The third-order valence-electron chi connectivity index (χ3n) is 2.99. The number of aromatic nitrogens is 2. The first kappa shape index (κ1) is 13.6. The van der Waals surface area contributed by atoms with Crippen LogP contribution in [-0.2, 0) is 20.1 Å². The highest BCUT2D eigenvalue weighted by Crippen LogP contribution is 2.17. The fourth-order valence-electron chi connectivity index (χ4n) is 2.14. The molecule has 1 aromatic carbocycles. The van der Waals surface area contributed by atoms with Gasteiger partial charge in [0.1, 0.15) is 18.2 Å². The highest BCUT2D eigenvalue weighted by Gasteiger charge is 2.06. The molecule has 0 aliphatic rings. The quantitative estimate of drug-likeness (QED) is 0.894. The summed E-state index contributed by atoms with van der Waals surface area (Å²) < 4.78 is 7.81. The van der Waals surface area contributed by atoms with Gasteiger partial charge in [-0.15, -0.1) is 0 Å². The lowest BCUT2D eigenvalue weighted by atomic mass is 10.1. The molecule has 102 valence electrons. The van der Waals surface area contributed by atoms with Crippen LogP contribution in [-0.4, -0.2) is 16.1 Å². The van der Waals surface area contributed by atoms with Crippen molar-refractivity contribution >= 4 is 0 Å². The Morgan fingerprint density at radius 2 is 1.89 bits per heavy atom. The van der Waals surface area contributed by atoms with Gasteiger partial charge in [0.25, 0.3) is 0 Å². The van der Waals surface area contributed by atoms with Crippen LogP contribution in [0.3, 0.4) is 0 Å². The number of imidazole rings is 1. The van der Waals surface area contributed by atoms with Crippen molar-refractivity contribution < 1.29 is 4.74 Å². The van der Waals surface area contributed by atoms with Gasteiger partial charge in [-0.05, 0) is 43.7 Å². The molecule has 1 heterocycles. The summed E-state index contributed by atoms with van der Waals surface area (Å²) >= 11 is 0. The van der Waals surface area contributed by atoms with Crippen LogP contribution in [0.4, 0.5) is 0 Å². The molecule has 1 aromatic heterocycles. The van der Waals surface area contributed by atoms with E-state index in [0.717, 1.165) is 23.7 Å². The Kier molecular flexibility index (Phi) is 4.22. The van der Waals surface area contributed by atoms with E-state index in [2.05, 4.69) is 24.9 Å². The summed E-state index contributed by atoms with van der Waals surface area (Å²) in [6.07, 6.45) is 2.81. The normalized spacial score (nSPS) is 10.7. The van der Waals surface area contributed by atoms with Gasteiger partial charge >= 0.3 is 0 Å². The van der Waals surface area contributed by atoms with Crippen LogP contribution >= 0.6 is 0 Å². The number of nitrogens with two attached hydrogens (primary N) is 1. The van der Waals surface area contributed by atoms with Crippen molar-refractivity contribution in [1.29, 1.82) is 0 Å². The van der Waals surface area contributed by atoms with E-state index in [-0.39, 0.29) is 0 Å². The lowest BCUT2D eigenvalue weighted by Crippen LogP contribution is -2.04. The second-order valence-corrected chi connectivity index (χ2v) is 4.91. The predicted molar refractivity (Wildman–Crippen MR) is 76.2 cm³/mol. The minimum atomic E-state index is 0.476. The smallest absolute Gasteiger partial charge is 0.146 e. The van der Waals surface area contributed by atoms with Gasteiger partial charge in [-0.3, -0.25) is 0 Å². The SMILES string of the molecule is Cc1cc(C)cc(OCc2nc(CCN)cn2C)c1. The van der Waals surface area contributed by atoms with Crippen LogP contribution < -0.4 is 10.5 Å². The second-order valence-electron chi connectivity index (χ2n) is 4.91. The molecule has 0 aliphatic heterocycles. The molecule has 0 fully saturated rings. The van der Waals surface area contributed by atoms with Crippen molar-refractivity contribution in [2.75, 3.05) is 6.54 Å². The number of nitrogens with zero attached hydrogens (tertiary/aromatic N) is 2. The summed E-state index contributed by atoms with van der Waals surface area (Å²) in [6.45, 7) is 5.23. The van der Waals surface area contributed by atoms with E-state index in [1.54, 1.807) is 0 Å². The molecule has 0 aliphatic carbocycles. The van der Waals surface area contributed by atoms with Gasteiger partial charge in [0.05, 0.1) is 5.69 Å². The molecule has 0 radical (unpaired) electrons. The molecule has 19 heavy (non-hydrogen) atoms. The minimum Gasteiger partial charge on any atom is -0.486 e. The minimum absolute atomic E-state index is 0.476. The van der Waals surface area contributed by atoms with Crippen molar-refractivity contribution in [2.24, 2.45) is 12.8 Å². The Morgan fingerprint density at radius 1 is 1.21 bits per heavy atom. The van der Waals surface area contributed by atoms with Gasteiger partial charge in [0, 0.05) is 19.7 Å². The second kappa shape index (κ2) is 5.89. The van der Waals surface area contributed by atoms with Crippen molar-refractivity contribution in [3.63, 3.8) is 0 Å². The van der Waals surface area contributed by atoms with E-state index in [9.17, 15) is 0 Å². The molecule has 0 atom stereocenters. The summed E-state index contributed by atoms with van der Waals surface area (Å²) in [4.78, 5) is 4.52. The maximum absolute atomic E-state index is 5.81. The topological polar surface area (TPSA) is 53.1 Å². The lowest BCUT2D eigenvalue weighted by Gasteiger charge is -2.08. The van der Waals surface area contributed by atoms with Crippen molar-refractivity contribution in [3.8, 4) is 5.75 Å². The number of aryl methyl sites for hydroxylation is 3. The Bertz CT molecular complexity index is 540. The highest BCUT2D eigenvalue weighted by molar-refractivity contribution is 5.33. The Hall–Kier alpha value is -1.81. The molecule has 2 N–H and O–H groups in total. The zero-order chi connectivity index (χ0) is 13.8. The molecule has 0 amide bonds. The fraction of sp³-hybridized carbons (Fsp3) is 0.400. The molecule has 0 saturated carbocycles. The van der Waals surface area contributed by atoms with E-state index in [1.165, 1.54) is 11.1 Å². The fourth-order valence-corrected chi connectivity index (χ4v) is 2.14. The van der Waals surface area contributed by atoms with Crippen LogP contribution in [0.2, 0.25) is 0 Å². The Labute approximate surface area is 114 Å². The molecule has 2 rings (SSSR count). The zero-order valence-electron chi connectivity index (χ0n) is 11.8. The molecule has 4 heteroatoms. The predicted octanol–water partition coefficient (Wildman–Crippen LogP) is 2.12. The Morgan fingerprint density at radius 3 is 2.53 bits per heavy atom. The first-order valence-electron chi connectivity index (χ1n) is 6.51. The number of ether oxygens (including phenoxy) is 1. The number of rotatable bonds is 5. The largest absolute Gasteiger partial charge is 0.486 e. The lowest BCUT2D eigenvalue weighted by molar-refractivity contribution is 0.291. The van der Waals surface area contributed by atoms with Gasteiger partial charge in [-0.2, -0.15) is 0 Å². The number of hydrogen-bond acceptors (Lipinski definition) is 3. The monoisotopic (exact) mass is 259 g/mol. The molecule has 0 spiro atoms. The Balaban J connectivity index is 2.05. The molecule has 0 saturated heterocycles. The molecule has 0 bridgehead atoms. The average molecular weight is 259 g/mol. The van der Waals surface area contributed by atoms with Crippen LogP contribution in [0, 0.1) is 13.8 Å². The van der Waals surface area contributed by atoms with E-state index in [4.69, 9.17) is 10.5 Å². The van der Waals surface area contributed by atoms with E-state index in [1.807, 2.05) is 29.9 Å². The van der Waals surface area contributed by atoms with Crippen LogP contribution in [0.1, 0.15) is 22.6 Å². The van der Waals surface area contributed by atoms with Gasteiger partial charge in [0.2, 0.25) is 0 Å². The third-order valence-corrected chi connectivity index (χ3v) is 2.99.